The molecule has 152 valence electrons. The number of furan rings is 1. The number of esters is 2. The molecule has 0 saturated carbocycles. The Morgan fingerprint density at radius 3 is 2.64 bits per heavy atom. The quantitative estimate of drug-likeness (QED) is 0.608. The van der Waals surface area contributed by atoms with E-state index in [9.17, 15) is 18.0 Å². The van der Waals surface area contributed by atoms with Crippen molar-refractivity contribution in [2.24, 2.45) is 5.14 Å². The molecule has 1 aromatic carbocycles. The van der Waals surface area contributed by atoms with Crippen LogP contribution < -0.4 is 10.5 Å². The van der Waals surface area contributed by atoms with Gasteiger partial charge in [0.2, 0.25) is 10.0 Å². The van der Waals surface area contributed by atoms with Crippen LogP contribution in [-0.4, -0.2) is 33.1 Å². The van der Waals surface area contributed by atoms with Crippen LogP contribution in [0.25, 0.3) is 0 Å². The number of hydrogen-bond acceptors (Lipinski definition) is 8. The minimum Gasteiger partial charge on any atom is -0.467 e. The lowest BCUT2D eigenvalue weighted by atomic mass is 10.1. The standard InChI is InChI=1S/C17H19ClN2O7S/c1-3-25-16(21)10(2)27-17(22)12-7-15(28(19,23)24)13(18)8-14(12)20-9-11-5-4-6-26-11/h4-8,10,20H,3,9H2,1-2H3,(H2,19,23,24)/t10-/m0/s1. The van der Waals surface area contributed by atoms with E-state index in [4.69, 9.17) is 30.6 Å². The van der Waals surface area contributed by atoms with Gasteiger partial charge in [-0.3, -0.25) is 0 Å². The maximum Gasteiger partial charge on any atom is 0.347 e. The monoisotopic (exact) mass is 430 g/mol. The van der Waals surface area contributed by atoms with Crippen molar-refractivity contribution in [2.45, 2.75) is 31.4 Å². The average molecular weight is 431 g/mol. The van der Waals surface area contributed by atoms with E-state index in [0.717, 1.165) is 6.07 Å². The molecule has 0 aliphatic heterocycles. The summed E-state index contributed by atoms with van der Waals surface area (Å²) in [6, 6.07) is 5.61. The number of primary sulfonamides is 1. The van der Waals surface area contributed by atoms with Crippen molar-refractivity contribution in [3.8, 4) is 0 Å². The Bertz CT molecular complexity index is 958. The molecule has 3 N–H and O–H groups in total. The zero-order valence-corrected chi connectivity index (χ0v) is 16.7. The number of carbonyl (C=O) groups is 2. The second-order valence-electron chi connectivity index (χ2n) is 5.61. The molecular weight excluding hydrogens is 412 g/mol. The molecule has 0 fully saturated rings. The highest BCUT2D eigenvalue weighted by Crippen LogP contribution is 2.29. The minimum absolute atomic E-state index is 0.118. The lowest BCUT2D eigenvalue weighted by molar-refractivity contribution is -0.152. The lowest BCUT2D eigenvalue weighted by Gasteiger charge is -2.16. The van der Waals surface area contributed by atoms with Crippen LogP contribution >= 0.6 is 11.6 Å². The number of sulfonamides is 1. The molecule has 2 rings (SSSR count). The van der Waals surface area contributed by atoms with Gasteiger partial charge in [-0.1, -0.05) is 11.6 Å². The van der Waals surface area contributed by atoms with Crippen molar-refractivity contribution in [1.82, 2.24) is 0 Å². The minimum atomic E-state index is -4.20. The summed E-state index contributed by atoms with van der Waals surface area (Å²) in [5.74, 6) is -1.13. The van der Waals surface area contributed by atoms with Gasteiger partial charge in [0.1, 0.15) is 10.7 Å². The molecule has 0 amide bonds. The van der Waals surface area contributed by atoms with Gasteiger partial charge in [-0.05, 0) is 38.1 Å². The number of ether oxygens (including phenoxy) is 2. The average Bonchev–Trinajstić information content (AvgIpc) is 3.12. The third-order valence-electron chi connectivity index (χ3n) is 3.53. The first kappa shape index (κ1) is 21.7. The number of carbonyl (C=O) groups excluding carboxylic acids is 2. The smallest absolute Gasteiger partial charge is 0.347 e. The number of hydrogen-bond donors (Lipinski definition) is 2. The summed E-state index contributed by atoms with van der Waals surface area (Å²) >= 11 is 6.00. The van der Waals surface area contributed by atoms with Gasteiger partial charge in [-0.25, -0.2) is 23.1 Å². The van der Waals surface area contributed by atoms with Crippen molar-refractivity contribution < 1.29 is 31.9 Å². The SMILES string of the molecule is CCOC(=O)[C@H](C)OC(=O)c1cc(S(N)(=O)=O)c(Cl)cc1NCc1ccco1. The topological polar surface area (TPSA) is 138 Å². The fraction of sp³-hybridized carbons (Fsp3) is 0.294. The molecule has 0 radical (unpaired) electrons. The number of nitrogens with two attached hydrogens (primary N) is 1. The molecule has 1 aromatic heterocycles. The van der Waals surface area contributed by atoms with Gasteiger partial charge in [0, 0.05) is 0 Å². The largest absolute Gasteiger partial charge is 0.467 e. The molecule has 11 heteroatoms. The van der Waals surface area contributed by atoms with E-state index in [1.165, 1.54) is 19.3 Å². The first-order valence-corrected chi connectivity index (χ1v) is 10.1. The Balaban J connectivity index is 2.36. The van der Waals surface area contributed by atoms with Crippen LogP contribution in [0, 0.1) is 0 Å². The highest BCUT2D eigenvalue weighted by molar-refractivity contribution is 7.89. The predicted octanol–water partition coefficient (Wildman–Crippen LogP) is 2.30. The number of rotatable bonds is 8. The van der Waals surface area contributed by atoms with Crippen molar-refractivity contribution in [3.63, 3.8) is 0 Å². The van der Waals surface area contributed by atoms with E-state index in [1.807, 2.05) is 0 Å². The Morgan fingerprint density at radius 1 is 1.36 bits per heavy atom. The van der Waals surface area contributed by atoms with Crippen molar-refractivity contribution in [3.05, 3.63) is 46.9 Å². The predicted molar refractivity (Wildman–Crippen MR) is 100 cm³/mol. The van der Waals surface area contributed by atoms with Gasteiger partial charge >= 0.3 is 11.9 Å². The Hall–Kier alpha value is -2.56. The molecule has 0 bridgehead atoms. The maximum atomic E-state index is 12.6. The van der Waals surface area contributed by atoms with E-state index >= 15 is 0 Å². The summed E-state index contributed by atoms with van der Waals surface area (Å²) in [4.78, 5) is 23.8. The molecule has 28 heavy (non-hydrogen) atoms. The first-order chi connectivity index (χ1) is 13.1. The van der Waals surface area contributed by atoms with E-state index < -0.39 is 33.0 Å². The number of nitrogens with one attached hydrogen (secondary N) is 1. The lowest BCUT2D eigenvalue weighted by Crippen LogP contribution is -2.27. The van der Waals surface area contributed by atoms with Crippen molar-refractivity contribution in [1.29, 1.82) is 0 Å². The van der Waals surface area contributed by atoms with Crippen LogP contribution in [-0.2, 0) is 30.8 Å². The van der Waals surface area contributed by atoms with Crippen LogP contribution in [0.5, 0.6) is 0 Å². The Labute approximate surface area is 166 Å². The van der Waals surface area contributed by atoms with E-state index in [-0.39, 0.29) is 29.4 Å². The molecule has 0 saturated heterocycles. The third-order valence-corrected chi connectivity index (χ3v) is 4.91. The zero-order valence-electron chi connectivity index (χ0n) is 15.1. The molecule has 9 nitrogen and oxygen atoms in total. The molecule has 0 aliphatic carbocycles. The Morgan fingerprint density at radius 2 is 2.07 bits per heavy atom. The van der Waals surface area contributed by atoms with Crippen LogP contribution in [0.3, 0.4) is 0 Å². The molecule has 0 aliphatic rings. The summed E-state index contributed by atoms with van der Waals surface area (Å²) in [5, 5.41) is 7.87. The number of anilines is 1. The maximum absolute atomic E-state index is 12.6. The van der Waals surface area contributed by atoms with Crippen LogP contribution in [0.15, 0.2) is 39.8 Å². The summed E-state index contributed by atoms with van der Waals surface area (Å²) < 4.78 is 38.5. The van der Waals surface area contributed by atoms with Gasteiger partial charge in [0.05, 0.1) is 35.7 Å². The van der Waals surface area contributed by atoms with E-state index in [1.54, 1.807) is 19.1 Å². The normalized spacial score (nSPS) is 12.3. The second-order valence-corrected chi connectivity index (χ2v) is 7.54. The fourth-order valence-corrected chi connectivity index (χ4v) is 3.31. The number of halogens is 1. The van der Waals surface area contributed by atoms with Gasteiger partial charge in [-0.2, -0.15) is 0 Å². The number of benzene rings is 1. The molecular formula is C17H19ClN2O7S. The van der Waals surface area contributed by atoms with Crippen molar-refractivity contribution >= 4 is 39.3 Å². The highest BCUT2D eigenvalue weighted by Gasteiger charge is 2.25. The van der Waals surface area contributed by atoms with Gasteiger partial charge in [0.25, 0.3) is 0 Å². The second kappa shape index (κ2) is 9.09. The molecule has 1 atom stereocenters. The van der Waals surface area contributed by atoms with Gasteiger partial charge in [0.15, 0.2) is 6.10 Å². The fourth-order valence-electron chi connectivity index (χ4n) is 2.21. The highest BCUT2D eigenvalue weighted by atomic mass is 35.5. The van der Waals surface area contributed by atoms with E-state index in [0.29, 0.717) is 5.76 Å². The molecule has 1 heterocycles. The summed E-state index contributed by atoms with van der Waals surface area (Å²) in [6.45, 7) is 3.25. The summed E-state index contributed by atoms with van der Waals surface area (Å²) in [6.07, 6.45) is 0.281. The molecule has 0 unspecified atom stereocenters. The van der Waals surface area contributed by atoms with Crippen LogP contribution in [0.4, 0.5) is 5.69 Å². The Kier molecular flexibility index (Phi) is 7.05. The van der Waals surface area contributed by atoms with Gasteiger partial charge < -0.3 is 19.2 Å². The van der Waals surface area contributed by atoms with Crippen molar-refractivity contribution in [2.75, 3.05) is 11.9 Å². The summed E-state index contributed by atoms with van der Waals surface area (Å²) in [5.41, 5.74) is 0.00554. The first-order valence-electron chi connectivity index (χ1n) is 8.13. The van der Waals surface area contributed by atoms with Gasteiger partial charge in [-0.15, -0.1) is 0 Å². The third kappa shape index (κ3) is 5.47. The molecule has 2 aromatic rings. The van der Waals surface area contributed by atoms with E-state index in [2.05, 4.69) is 5.32 Å². The van der Waals surface area contributed by atoms with Crippen LogP contribution in [0.1, 0.15) is 30.0 Å². The summed E-state index contributed by atoms with van der Waals surface area (Å²) in [7, 11) is -4.20. The molecule has 0 spiro atoms. The zero-order chi connectivity index (χ0) is 20.9. The van der Waals surface area contributed by atoms with Crippen LogP contribution in [0.2, 0.25) is 5.02 Å².